The molecule has 0 bridgehead atoms. The molecule has 196 valence electrons. The van der Waals surface area contributed by atoms with Crippen LogP contribution in [0.5, 0.6) is 0 Å². The SMILES string of the molecule is CN1CCN(/C(=C\c2ccccc2)C(c2ccccc2)C(C#N)(c2ccccc2)N2CCN(C)CC2)CC1. The Morgan fingerprint density at radius 1 is 0.711 bits per heavy atom. The van der Waals surface area contributed by atoms with Crippen LogP contribution in [0.15, 0.2) is 96.7 Å². The first-order chi connectivity index (χ1) is 18.6. The fourth-order valence-electron chi connectivity index (χ4n) is 6.00. The average molecular weight is 506 g/mol. The van der Waals surface area contributed by atoms with Gasteiger partial charge in [0.15, 0.2) is 0 Å². The highest BCUT2D eigenvalue weighted by atomic mass is 15.3. The molecule has 2 unspecified atom stereocenters. The van der Waals surface area contributed by atoms with Crippen molar-refractivity contribution in [3.05, 3.63) is 113 Å². The molecular formula is C33H39N5. The molecule has 2 atom stereocenters. The summed E-state index contributed by atoms with van der Waals surface area (Å²) in [6, 6.07) is 34.8. The second-order valence-electron chi connectivity index (χ2n) is 10.6. The third-order valence-electron chi connectivity index (χ3n) is 8.22. The van der Waals surface area contributed by atoms with Gasteiger partial charge in [0, 0.05) is 58.1 Å². The van der Waals surface area contributed by atoms with E-state index >= 15 is 0 Å². The molecule has 0 amide bonds. The van der Waals surface area contributed by atoms with Gasteiger partial charge in [-0.15, -0.1) is 0 Å². The highest BCUT2D eigenvalue weighted by Crippen LogP contribution is 2.48. The molecule has 0 aliphatic carbocycles. The number of nitrogens with zero attached hydrogens (tertiary/aromatic N) is 5. The number of hydrogen-bond acceptors (Lipinski definition) is 5. The van der Waals surface area contributed by atoms with Crippen molar-refractivity contribution in [1.82, 2.24) is 19.6 Å². The van der Waals surface area contributed by atoms with E-state index in [0.29, 0.717) is 0 Å². The number of benzene rings is 3. The van der Waals surface area contributed by atoms with E-state index in [2.05, 4.69) is 131 Å². The number of likely N-dealkylation sites (N-methyl/N-ethyl adjacent to an activating group) is 2. The van der Waals surface area contributed by atoms with E-state index in [1.165, 1.54) is 16.8 Å². The fraction of sp³-hybridized carbons (Fsp3) is 0.364. The Labute approximate surface area is 228 Å². The van der Waals surface area contributed by atoms with Crippen LogP contribution < -0.4 is 0 Å². The Kier molecular flexibility index (Phi) is 8.24. The molecule has 5 heteroatoms. The molecule has 5 nitrogen and oxygen atoms in total. The van der Waals surface area contributed by atoms with Gasteiger partial charge in [-0.3, -0.25) is 4.90 Å². The number of piperazine rings is 2. The summed E-state index contributed by atoms with van der Waals surface area (Å²) in [6.07, 6.45) is 2.34. The van der Waals surface area contributed by atoms with Gasteiger partial charge in [0.1, 0.15) is 5.54 Å². The Morgan fingerprint density at radius 2 is 1.21 bits per heavy atom. The quantitative estimate of drug-likeness (QED) is 0.464. The van der Waals surface area contributed by atoms with Gasteiger partial charge < -0.3 is 14.7 Å². The summed E-state index contributed by atoms with van der Waals surface area (Å²) in [4.78, 5) is 9.75. The first kappa shape index (κ1) is 26.2. The lowest BCUT2D eigenvalue weighted by atomic mass is 9.71. The first-order valence-electron chi connectivity index (χ1n) is 13.8. The molecule has 0 aromatic heterocycles. The summed E-state index contributed by atoms with van der Waals surface area (Å²) in [6.45, 7) is 7.50. The van der Waals surface area contributed by atoms with Crippen LogP contribution in [-0.2, 0) is 5.54 Å². The van der Waals surface area contributed by atoms with Crippen LogP contribution in [0.25, 0.3) is 6.08 Å². The number of rotatable bonds is 7. The molecule has 2 aliphatic rings. The lowest BCUT2D eigenvalue weighted by molar-refractivity contribution is 0.0522. The summed E-state index contributed by atoms with van der Waals surface area (Å²) >= 11 is 0. The molecule has 0 radical (unpaired) electrons. The van der Waals surface area contributed by atoms with Crippen LogP contribution >= 0.6 is 0 Å². The molecule has 2 heterocycles. The van der Waals surface area contributed by atoms with Crippen molar-refractivity contribution in [2.45, 2.75) is 11.5 Å². The van der Waals surface area contributed by atoms with E-state index in [4.69, 9.17) is 0 Å². The number of hydrogen-bond donors (Lipinski definition) is 0. The summed E-state index contributed by atoms with van der Waals surface area (Å²) < 4.78 is 0. The largest absolute Gasteiger partial charge is 0.372 e. The minimum absolute atomic E-state index is 0.164. The monoisotopic (exact) mass is 505 g/mol. The van der Waals surface area contributed by atoms with E-state index in [0.717, 1.165) is 57.9 Å². The van der Waals surface area contributed by atoms with E-state index in [1.54, 1.807) is 0 Å². The molecule has 2 saturated heterocycles. The van der Waals surface area contributed by atoms with Gasteiger partial charge in [-0.2, -0.15) is 5.26 Å². The van der Waals surface area contributed by atoms with Crippen LogP contribution in [0, 0.1) is 11.3 Å². The molecular weight excluding hydrogens is 466 g/mol. The maximum atomic E-state index is 11.4. The minimum Gasteiger partial charge on any atom is -0.372 e. The maximum Gasteiger partial charge on any atom is 0.147 e. The normalized spacial score (nSPS) is 20.4. The average Bonchev–Trinajstić information content (AvgIpc) is 2.97. The third-order valence-corrected chi connectivity index (χ3v) is 8.22. The second kappa shape index (κ2) is 12.0. The van der Waals surface area contributed by atoms with Crippen molar-refractivity contribution < 1.29 is 0 Å². The van der Waals surface area contributed by atoms with Crippen LogP contribution in [0.1, 0.15) is 22.6 Å². The highest BCUT2D eigenvalue weighted by molar-refractivity contribution is 5.58. The van der Waals surface area contributed by atoms with Gasteiger partial charge in [-0.25, -0.2) is 0 Å². The Bertz CT molecular complexity index is 1220. The number of nitriles is 1. The fourth-order valence-corrected chi connectivity index (χ4v) is 6.00. The Hall–Kier alpha value is -3.43. The van der Waals surface area contributed by atoms with E-state index < -0.39 is 5.54 Å². The summed E-state index contributed by atoms with van der Waals surface area (Å²) in [5.74, 6) is -0.164. The summed E-state index contributed by atoms with van der Waals surface area (Å²) in [5, 5.41) is 11.4. The maximum absolute atomic E-state index is 11.4. The smallest absolute Gasteiger partial charge is 0.147 e. The zero-order chi connectivity index (χ0) is 26.4. The molecule has 0 N–H and O–H groups in total. The minimum atomic E-state index is -0.853. The summed E-state index contributed by atoms with van der Waals surface area (Å²) in [7, 11) is 4.37. The van der Waals surface area contributed by atoms with E-state index in [9.17, 15) is 5.26 Å². The highest BCUT2D eigenvalue weighted by Gasteiger charge is 2.50. The van der Waals surface area contributed by atoms with Gasteiger partial charge in [-0.05, 0) is 36.9 Å². The predicted octanol–water partition coefficient (Wildman–Crippen LogP) is 4.73. The topological polar surface area (TPSA) is 36.8 Å². The summed E-state index contributed by atoms with van der Waals surface area (Å²) in [5.41, 5.74) is 3.78. The lowest BCUT2D eigenvalue weighted by Crippen LogP contribution is -2.58. The van der Waals surface area contributed by atoms with Crippen LogP contribution in [0.3, 0.4) is 0 Å². The van der Waals surface area contributed by atoms with E-state index in [-0.39, 0.29) is 5.92 Å². The molecule has 5 rings (SSSR count). The standard InChI is InChI=1S/C33H39N5/c1-35-18-22-37(23-19-35)31(26-28-12-6-3-7-13-28)32(29-14-8-4-9-15-29)33(27-34,30-16-10-5-11-17-30)38-24-20-36(2)21-25-38/h3-17,26,32H,18-25H2,1-2H3/b31-26-. The van der Waals surface area contributed by atoms with Gasteiger partial charge >= 0.3 is 0 Å². The molecule has 2 fully saturated rings. The van der Waals surface area contributed by atoms with Crippen molar-refractivity contribution in [2.75, 3.05) is 66.5 Å². The molecule has 3 aromatic carbocycles. The zero-order valence-corrected chi connectivity index (χ0v) is 22.7. The molecule has 2 aliphatic heterocycles. The third kappa shape index (κ3) is 5.39. The van der Waals surface area contributed by atoms with Crippen LogP contribution in [0.2, 0.25) is 0 Å². The van der Waals surface area contributed by atoms with Crippen LogP contribution in [-0.4, -0.2) is 86.1 Å². The molecule has 0 saturated carbocycles. The Balaban J connectivity index is 1.76. The van der Waals surface area contributed by atoms with Gasteiger partial charge in [-0.1, -0.05) is 91.0 Å². The second-order valence-corrected chi connectivity index (χ2v) is 10.6. The van der Waals surface area contributed by atoms with Crippen molar-refractivity contribution in [1.29, 1.82) is 5.26 Å². The molecule has 0 spiro atoms. The van der Waals surface area contributed by atoms with Gasteiger partial charge in [0.05, 0.1) is 12.0 Å². The Morgan fingerprint density at radius 3 is 1.76 bits per heavy atom. The molecule has 3 aromatic rings. The van der Waals surface area contributed by atoms with Crippen molar-refractivity contribution in [3.8, 4) is 6.07 Å². The van der Waals surface area contributed by atoms with Crippen molar-refractivity contribution in [3.63, 3.8) is 0 Å². The van der Waals surface area contributed by atoms with Crippen molar-refractivity contribution >= 4 is 6.08 Å². The van der Waals surface area contributed by atoms with Gasteiger partial charge in [0.2, 0.25) is 0 Å². The van der Waals surface area contributed by atoms with Gasteiger partial charge in [0.25, 0.3) is 0 Å². The van der Waals surface area contributed by atoms with Crippen LogP contribution in [0.4, 0.5) is 0 Å². The van der Waals surface area contributed by atoms with Crippen molar-refractivity contribution in [2.24, 2.45) is 0 Å². The molecule has 38 heavy (non-hydrogen) atoms. The zero-order valence-electron chi connectivity index (χ0n) is 22.7. The lowest BCUT2D eigenvalue weighted by Gasteiger charge is -2.50. The first-order valence-corrected chi connectivity index (χ1v) is 13.8. The predicted molar refractivity (Wildman–Crippen MR) is 155 cm³/mol. The van der Waals surface area contributed by atoms with E-state index in [1.807, 2.05) is 6.07 Å².